The third kappa shape index (κ3) is 3.92. The quantitative estimate of drug-likeness (QED) is 0.916. The monoisotopic (exact) mass is 314 g/mol. The number of benzene rings is 1. The Balaban J connectivity index is 1.82. The highest BCUT2D eigenvalue weighted by molar-refractivity contribution is 5.89. The van der Waals surface area contributed by atoms with E-state index in [-0.39, 0.29) is 0 Å². The number of hydrogen-bond donors (Lipinski definition) is 1. The lowest BCUT2D eigenvalue weighted by Crippen LogP contribution is -2.39. The van der Waals surface area contributed by atoms with Crippen LogP contribution in [0.5, 0.6) is 5.88 Å². The van der Waals surface area contributed by atoms with Crippen molar-refractivity contribution < 1.29 is 4.74 Å². The van der Waals surface area contributed by atoms with Crippen molar-refractivity contribution in [1.82, 2.24) is 9.88 Å². The number of fused-ring (bicyclic) bond motifs is 1. The average molecular weight is 314 g/mol. The van der Waals surface area contributed by atoms with Crippen molar-refractivity contribution in [3.05, 3.63) is 30.5 Å². The van der Waals surface area contributed by atoms with Crippen molar-refractivity contribution in [1.29, 1.82) is 0 Å². The van der Waals surface area contributed by atoms with Crippen molar-refractivity contribution in [2.24, 2.45) is 5.73 Å². The lowest BCUT2D eigenvalue weighted by atomic mass is 10.0. The highest BCUT2D eigenvalue weighted by Gasteiger charge is 2.17. The number of anilines is 1. The minimum absolute atomic E-state index is 0.346. The summed E-state index contributed by atoms with van der Waals surface area (Å²) < 4.78 is 5.90. The first-order valence-electron chi connectivity index (χ1n) is 8.30. The molecule has 1 aromatic carbocycles. The molecule has 5 heteroatoms. The molecule has 1 fully saturated rings. The molecule has 0 amide bonds. The van der Waals surface area contributed by atoms with Gasteiger partial charge in [-0.3, -0.25) is 0 Å². The number of likely N-dealkylation sites (N-methyl/N-ethyl adjacent to an activating group) is 1. The topological polar surface area (TPSA) is 54.6 Å². The molecule has 3 rings (SSSR count). The van der Waals surface area contributed by atoms with E-state index < -0.39 is 0 Å². The van der Waals surface area contributed by atoms with Crippen LogP contribution in [-0.2, 0) is 0 Å². The average Bonchev–Trinajstić information content (AvgIpc) is 2.55. The molecule has 124 valence electrons. The zero-order chi connectivity index (χ0) is 16.2. The van der Waals surface area contributed by atoms with Gasteiger partial charge < -0.3 is 20.3 Å². The summed E-state index contributed by atoms with van der Waals surface area (Å²) in [5.74, 6) is 0.722. The fourth-order valence-corrected chi connectivity index (χ4v) is 2.92. The molecule has 0 radical (unpaired) electrons. The molecule has 2 aromatic rings. The van der Waals surface area contributed by atoms with Gasteiger partial charge in [-0.25, -0.2) is 4.98 Å². The van der Waals surface area contributed by atoms with Gasteiger partial charge in [0.1, 0.15) is 6.61 Å². The first-order chi connectivity index (χ1) is 11.1. The standard InChI is InChI=1S/C18H26N4O/c1-21(2)11-12-23-18-17-13-16(4-3-14(17)5-8-20-18)22-9-6-15(19)7-10-22/h3-5,8,13,15H,6-7,9-12,19H2,1-2H3. The second kappa shape index (κ2) is 7.15. The van der Waals surface area contributed by atoms with E-state index >= 15 is 0 Å². The summed E-state index contributed by atoms with van der Waals surface area (Å²) in [5.41, 5.74) is 7.24. The molecule has 23 heavy (non-hydrogen) atoms. The maximum absolute atomic E-state index is 6.01. The van der Waals surface area contributed by atoms with Crippen LogP contribution in [-0.4, -0.2) is 56.3 Å². The van der Waals surface area contributed by atoms with E-state index in [1.165, 1.54) is 5.69 Å². The van der Waals surface area contributed by atoms with Gasteiger partial charge in [0.25, 0.3) is 0 Å². The van der Waals surface area contributed by atoms with Crippen molar-refractivity contribution in [2.45, 2.75) is 18.9 Å². The Morgan fingerprint density at radius 1 is 1.26 bits per heavy atom. The van der Waals surface area contributed by atoms with Gasteiger partial charge in [0, 0.05) is 42.9 Å². The summed E-state index contributed by atoms with van der Waals surface area (Å²) in [7, 11) is 4.08. The summed E-state index contributed by atoms with van der Waals surface area (Å²) in [6, 6.07) is 8.91. The molecule has 0 saturated carbocycles. The molecule has 5 nitrogen and oxygen atoms in total. The molecule has 0 spiro atoms. The molecule has 2 heterocycles. The molecule has 0 atom stereocenters. The van der Waals surface area contributed by atoms with Crippen LogP contribution >= 0.6 is 0 Å². The molecule has 2 N–H and O–H groups in total. The molecule has 0 aliphatic carbocycles. The largest absolute Gasteiger partial charge is 0.476 e. The van der Waals surface area contributed by atoms with Crippen molar-refractivity contribution in [3.8, 4) is 5.88 Å². The molecule has 1 saturated heterocycles. The third-order valence-electron chi connectivity index (χ3n) is 4.40. The van der Waals surface area contributed by atoms with Crippen LogP contribution < -0.4 is 15.4 Å². The Labute approximate surface area is 138 Å². The van der Waals surface area contributed by atoms with Crippen LogP contribution in [0.3, 0.4) is 0 Å². The summed E-state index contributed by atoms with van der Waals surface area (Å²) >= 11 is 0. The number of hydrogen-bond acceptors (Lipinski definition) is 5. The summed E-state index contributed by atoms with van der Waals surface area (Å²) in [5, 5.41) is 2.25. The zero-order valence-corrected chi connectivity index (χ0v) is 14.0. The second-order valence-corrected chi connectivity index (χ2v) is 6.50. The zero-order valence-electron chi connectivity index (χ0n) is 14.0. The predicted octanol–water partition coefficient (Wildman–Crippen LogP) is 2.10. The molecule has 0 bridgehead atoms. The minimum Gasteiger partial charge on any atom is -0.476 e. The molecule has 0 unspecified atom stereocenters. The molecule has 1 aromatic heterocycles. The predicted molar refractivity (Wildman–Crippen MR) is 95.2 cm³/mol. The summed E-state index contributed by atoms with van der Waals surface area (Å²) in [4.78, 5) is 8.93. The van der Waals surface area contributed by atoms with Crippen LogP contribution in [0.15, 0.2) is 30.5 Å². The number of pyridine rings is 1. The van der Waals surface area contributed by atoms with Crippen molar-refractivity contribution in [2.75, 3.05) is 45.2 Å². The van der Waals surface area contributed by atoms with Crippen LogP contribution in [0.1, 0.15) is 12.8 Å². The highest BCUT2D eigenvalue weighted by Crippen LogP contribution is 2.29. The van der Waals surface area contributed by atoms with Gasteiger partial charge in [-0.05, 0) is 50.5 Å². The fraction of sp³-hybridized carbons (Fsp3) is 0.500. The number of nitrogens with two attached hydrogens (primary N) is 1. The number of piperidine rings is 1. The number of nitrogens with zero attached hydrogens (tertiary/aromatic N) is 3. The van der Waals surface area contributed by atoms with Crippen LogP contribution in [0.4, 0.5) is 5.69 Å². The lowest BCUT2D eigenvalue weighted by Gasteiger charge is -2.32. The molecule has 1 aliphatic rings. The second-order valence-electron chi connectivity index (χ2n) is 6.50. The smallest absolute Gasteiger partial charge is 0.221 e. The van der Waals surface area contributed by atoms with E-state index in [9.17, 15) is 0 Å². The first-order valence-corrected chi connectivity index (χ1v) is 8.30. The van der Waals surface area contributed by atoms with Crippen molar-refractivity contribution >= 4 is 16.5 Å². The maximum atomic E-state index is 6.01. The number of ether oxygens (including phenoxy) is 1. The van der Waals surface area contributed by atoms with Crippen LogP contribution in [0.25, 0.3) is 10.8 Å². The first kappa shape index (κ1) is 16.0. The van der Waals surface area contributed by atoms with Gasteiger partial charge in [-0.1, -0.05) is 6.07 Å². The van der Waals surface area contributed by atoms with Crippen LogP contribution in [0, 0.1) is 0 Å². The van der Waals surface area contributed by atoms with E-state index in [0.717, 1.165) is 49.1 Å². The van der Waals surface area contributed by atoms with Gasteiger partial charge in [-0.15, -0.1) is 0 Å². The minimum atomic E-state index is 0.346. The highest BCUT2D eigenvalue weighted by atomic mass is 16.5. The Bertz CT molecular complexity index is 651. The fourth-order valence-electron chi connectivity index (χ4n) is 2.92. The van der Waals surface area contributed by atoms with Gasteiger partial charge in [0.15, 0.2) is 0 Å². The van der Waals surface area contributed by atoms with Gasteiger partial charge in [-0.2, -0.15) is 0 Å². The Hall–Kier alpha value is -1.85. The lowest BCUT2D eigenvalue weighted by molar-refractivity contribution is 0.256. The maximum Gasteiger partial charge on any atom is 0.221 e. The van der Waals surface area contributed by atoms with E-state index in [2.05, 4.69) is 33.0 Å². The van der Waals surface area contributed by atoms with Crippen molar-refractivity contribution in [3.63, 3.8) is 0 Å². The Morgan fingerprint density at radius 2 is 2.04 bits per heavy atom. The summed E-state index contributed by atoms with van der Waals surface area (Å²) in [6.07, 6.45) is 3.92. The van der Waals surface area contributed by atoms with Gasteiger partial charge in [0.05, 0.1) is 0 Å². The van der Waals surface area contributed by atoms with E-state index in [1.54, 1.807) is 0 Å². The normalized spacial score (nSPS) is 16.3. The molecular formula is C18H26N4O. The van der Waals surface area contributed by atoms with Gasteiger partial charge in [0.2, 0.25) is 5.88 Å². The SMILES string of the molecule is CN(C)CCOc1nccc2ccc(N3CCC(N)CC3)cc12. The Morgan fingerprint density at radius 3 is 2.78 bits per heavy atom. The van der Waals surface area contributed by atoms with Gasteiger partial charge >= 0.3 is 0 Å². The molecule has 1 aliphatic heterocycles. The van der Waals surface area contributed by atoms with E-state index in [0.29, 0.717) is 12.6 Å². The molecular weight excluding hydrogens is 288 g/mol. The summed E-state index contributed by atoms with van der Waals surface area (Å²) in [6.45, 7) is 3.55. The number of aromatic nitrogens is 1. The van der Waals surface area contributed by atoms with E-state index in [1.807, 2.05) is 26.4 Å². The third-order valence-corrected chi connectivity index (χ3v) is 4.40. The Kier molecular flexibility index (Phi) is 4.98. The van der Waals surface area contributed by atoms with Crippen LogP contribution in [0.2, 0.25) is 0 Å². The van der Waals surface area contributed by atoms with E-state index in [4.69, 9.17) is 10.5 Å². The number of rotatable bonds is 5.